The van der Waals surface area contributed by atoms with Crippen molar-refractivity contribution < 1.29 is 13.9 Å². The van der Waals surface area contributed by atoms with E-state index in [0.29, 0.717) is 18.1 Å². The van der Waals surface area contributed by atoms with Crippen molar-refractivity contribution in [2.45, 2.75) is 18.5 Å². The molecule has 1 aliphatic heterocycles. The van der Waals surface area contributed by atoms with Gasteiger partial charge in [0.2, 0.25) is 5.95 Å². The fourth-order valence-corrected chi connectivity index (χ4v) is 4.22. The lowest BCUT2D eigenvalue weighted by atomic mass is 9.93. The smallest absolute Gasteiger partial charge is 0.250 e. The largest absolute Gasteiger partial charge is 0.496 e. The number of nitrogens with one attached hydrogen (secondary N) is 2. The van der Waals surface area contributed by atoms with Crippen LogP contribution in [0.3, 0.4) is 0 Å². The molecule has 2 atom stereocenters. The fourth-order valence-electron chi connectivity index (χ4n) is 4.22. The molecule has 0 saturated heterocycles. The third kappa shape index (κ3) is 4.91. The highest BCUT2D eigenvalue weighted by Gasteiger charge is 2.31. The Bertz CT molecular complexity index is 1350. The van der Waals surface area contributed by atoms with Gasteiger partial charge < -0.3 is 10.1 Å². The van der Waals surface area contributed by atoms with Crippen LogP contribution >= 0.6 is 0 Å². The van der Waals surface area contributed by atoms with Gasteiger partial charge in [0.05, 0.1) is 19.2 Å². The minimum Gasteiger partial charge on any atom is -0.496 e. The molecule has 2 unspecified atom stereocenters. The summed E-state index contributed by atoms with van der Waals surface area (Å²) in [5.74, 6) is 0.726. The van der Waals surface area contributed by atoms with Gasteiger partial charge in [-0.3, -0.25) is 10.1 Å². The molecule has 8 heteroatoms. The van der Waals surface area contributed by atoms with E-state index in [9.17, 15) is 9.18 Å². The molecule has 1 amide bonds. The predicted octanol–water partition coefficient (Wildman–Crippen LogP) is 5.22. The molecule has 0 bridgehead atoms. The molecule has 0 radical (unpaired) electrons. The molecule has 0 aliphatic carbocycles. The van der Waals surface area contributed by atoms with Crippen molar-refractivity contribution in [3.63, 3.8) is 0 Å². The molecule has 7 nitrogen and oxygen atoms in total. The van der Waals surface area contributed by atoms with Crippen LogP contribution in [0, 0.1) is 5.82 Å². The molecule has 2 N–H and O–H groups in total. The molecule has 3 aromatic carbocycles. The van der Waals surface area contributed by atoms with E-state index in [-0.39, 0.29) is 29.8 Å². The van der Waals surface area contributed by atoms with Crippen LogP contribution in [0.2, 0.25) is 0 Å². The lowest BCUT2D eigenvalue weighted by Gasteiger charge is -2.31. The Balaban J connectivity index is 1.41. The van der Waals surface area contributed by atoms with E-state index < -0.39 is 0 Å². The number of fused-ring (bicyclic) bond motifs is 1. The number of hydrogen-bond donors (Lipinski definition) is 2. The molecule has 176 valence electrons. The summed E-state index contributed by atoms with van der Waals surface area (Å²) in [6.07, 6.45) is 3.78. The first-order chi connectivity index (χ1) is 17.1. The summed E-state index contributed by atoms with van der Waals surface area (Å²) in [5.41, 5.74) is 2.80. The highest BCUT2D eigenvalue weighted by Crippen LogP contribution is 2.38. The number of methoxy groups -OCH3 is 1. The number of para-hydroxylation sites is 1. The molecule has 0 fully saturated rings. The highest BCUT2D eigenvalue weighted by atomic mass is 19.1. The maximum atomic E-state index is 13.6. The summed E-state index contributed by atoms with van der Waals surface area (Å²) < 4.78 is 20.6. The standard InChI is InChI=1S/C27H24FN5O2/c1-35-24-10-6-5-9-20(24)13-16-25(34)30-26-31-27-29-22(18-7-3-2-4-8-18)17-23(33(27)32-26)19-11-14-21(28)15-12-19/h2-16,22-23H,17H2,1H3,(H2,29,30,31,32,34). The van der Waals surface area contributed by atoms with Crippen LogP contribution in [-0.4, -0.2) is 27.8 Å². The zero-order valence-corrected chi connectivity index (χ0v) is 19.1. The van der Waals surface area contributed by atoms with Crippen molar-refractivity contribution in [3.05, 3.63) is 107 Å². The van der Waals surface area contributed by atoms with E-state index in [4.69, 9.17) is 4.74 Å². The van der Waals surface area contributed by atoms with Crippen molar-refractivity contribution in [2.75, 3.05) is 17.7 Å². The van der Waals surface area contributed by atoms with Crippen LogP contribution in [0.5, 0.6) is 5.75 Å². The van der Waals surface area contributed by atoms with E-state index in [1.165, 1.54) is 18.2 Å². The van der Waals surface area contributed by atoms with Gasteiger partial charge in [-0.2, -0.15) is 4.98 Å². The van der Waals surface area contributed by atoms with Gasteiger partial charge in [0.15, 0.2) is 0 Å². The number of hydrogen-bond acceptors (Lipinski definition) is 5. The fraction of sp³-hybridized carbons (Fsp3) is 0.148. The van der Waals surface area contributed by atoms with Crippen molar-refractivity contribution in [1.29, 1.82) is 0 Å². The molecular weight excluding hydrogens is 445 g/mol. The Kier molecular flexibility index (Phi) is 6.26. The second-order valence-corrected chi connectivity index (χ2v) is 8.18. The van der Waals surface area contributed by atoms with E-state index in [1.54, 1.807) is 30.0 Å². The van der Waals surface area contributed by atoms with Gasteiger partial charge in [-0.05, 0) is 41.8 Å². The minimum absolute atomic E-state index is 0.0167. The Labute approximate surface area is 202 Å². The Morgan fingerprint density at radius 1 is 1.06 bits per heavy atom. The van der Waals surface area contributed by atoms with Crippen LogP contribution in [0.4, 0.5) is 16.3 Å². The number of rotatable bonds is 6. The first-order valence-electron chi connectivity index (χ1n) is 11.3. The number of carbonyl (C=O) groups excluding carboxylic acids is 1. The third-order valence-corrected chi connectivity index (χ3v) is 5.93. The predicted molar refractivity (Wildman–Crippen MR) is 133 cm³/mol. The van der Waals surface area contributed by atoms with Gasteiger partial charge in [0.1, 0.15) is 11.6 Å². The van der Waals surface area contributed by atoms with Crippen LogP contribution in [0.25, 0.3) is 6.08 Å². The summed E-state index contributed by atoms with van der Waals surface area (Å²) in [6.45, 7) is 0. The molecule has 4 aromatic rings. The number of benzene rings is 3. The second-order valence-electron chi connectivity index (χ2n) is 8.18. The quantitative estimate of drug-likeness (QED) is 0.378. The average molecular weight is 470 g/mol. The zero-order chi connectivity index (χ0) is 24.2. The number of ether oxygens (including phenoxy) is 1. The van der Waals surface area contributed by atoms with Crippen molar-refractivity contribution in [2.24, 2.45) is 0 Å². The highest BCUT2D eigenvalue weighted by molar-refractivity contribution is 6.01. The lowest BCUT2D eigenvalue weighted by Crippen LogP contribution is -2.28. The Morgan fingerprint density at radius 3 is 2.57 bits per heavy atom. The van der Waals surface area contributed by atoms with Crippen molar-refractivity contribution in [3.8, 4) is 5.75 Å². The minimum atomic E-state index is -0.364. The van der Waals surface area contributed by atoms with Crippen molar-refractivity contribution >= 4 is 23.9 Å². The number of amides is 1. The van der Waals surface area contributed by atoms with Gasteiger partial charge in [0, 0.05) is 11.6 Å². The lowest BCUT2D eigenvalue weighted by molar-refractivity contribution is -0.111. The Morgan fingerprint density at radius 2 is 1.80 bits per heavy atom. The zero-order valence-electron chi connectivity index (χ0n) is 19.1. The van der Waals surface area contributed by atoms with Gasteiger partial charge >= 0.3 is 0 Å². The molecular formula is C27H24FN5O2. The average Bonchev–Trinajstić information content (AvgIpc) is 3.30. The van der Waals surface area contributed by atoms with Crippen molar-refractivity contribution in [1.82, 2.24) is 14.8 Å². The molecule has 1 aliphatic rings. The summed E-state index contributed by atoms with van der Waals surface area (Å²) >= 11 is 0. The summed E-state index contributed by atoms with van der Waals surface area (Å²) in [5, 5.41) is 10.7. The van der Waals surface area contributed by atoms with E-state index in [1.807, 2.05) is 42.5 Å². The monoisotopic (exact) mass is 469 g/mol. The van der Waals surface area contributed by atoms with Crippen LogP contribution < -0.4 is 15.4 Å². The van der Waals surface area contributed by atoms with Gasteiger partial charge in [-0.1, -0.05) is 60.7 Å². The normalized spacial score (nSPS) is 17.0. The van der Waals surface area contributed by atoms with Gasteiger partial charge in [-0.25, -0.2) is 9.07 Å². The van der Waals surface area contributed by atoms with Gasteiger partial charge in [0.25, 0.3) is 11.9 Å². The number of carbonyl (C=O) groups is 1. The summed E-state index contributed by atoms with van der Waals surface area (Å²) in [7, 11) is 1.58. The molecule has 0 spiro atoms. The number of anilines is 2. The van der Waals surface area contributed by atoms with Crippen LogP contribution in [0.15, 0.2) is 84.9 Å². The first kappa shape index (κ1) is 22.3. The third-order valence-electron chi connectivity index (χ3n) is 5.93. The Hall–Kier alpha value is -4.46. The number of aromatic nitrogens is 3. The second kappa shape index (κ2) is 9.80. The topological polar surface area (TPSA) is 81.1 Å². The molecule has 1 aromatic heterocycles. The maximum Gasteiger partial charge on any atom is 0.250 e. The van der Waals surface area contributed by atoms with Crippen LogP contribution in [-0.2, 0) is 4.79 Å². The van der Waals surface area contributed by atoms with E-state index in [2.05, 4.69) is 32.8 Å². The van der Waals surface area contributed by atoms with Crippen LogP contribution in [0.1, 0.15) is 35.2 Å². The SMILES string of the molecule is COc1ccccc1C=CC(=O)Nc1nc2n(n1)C(c1ccc(F)cc1)CC(c1ccccc1)N2. The number of halogens is 1. The molecule has 2 heterocycles. The summed E-state index contributed by atoms with van der Waals surface area (Å²) in [4.78, 5) is 17.1. The number of nitrogens with zero attached hydrogens (tertiary/aromatic N) is 3. The first-order valence-corrected chi connectivity index (χ1v) is 11.3. The van der Waals surface area contributed by atoms with Gasteiger partial charge in [-0.15, -0.1) is 5.10 Å². The van der Waals surface area contributed by atoms with E-state index in [0.717, 1.165) is 16.7 Å². The molecule has 35 heavy (non-hydrogen) atoms. The summed E-state index contributed by atoms with van der Waals surface area (Å²) in [6, 6.07) is 23.7. The molecule has 5 rings (SSSR count). The maximum absolute atomic E-state index is 13.6. The molecule has 0 saturated carbocycles. The van der Waals surface area contributed by atoms with E-state index >= 15 is 0 Å².